The second-order valence-electron chi connectivity index (χ2n) is 6.66. The Morgan fingerprint density at radius 2 is 1.64 bits per heavy atom. The molecule has 6 heteroatoms. The molecule has 0 aromatic heterocycles. The summed E-state index contributed by atoms with van der Waals surface area (Å²) < 4.78 is 0. The summed E-state index contributed by atoms with van der Waals surface area (Å²) >= 11 is 5.85. The minimum absolute atomic E-state index is 0.0900. The van der Waals surface area contributed by atoms with Gasteiger partial charge in [-0.2, -0.15) is 0 Å². The van der Waals surface area contributed by atoms with Crippen molar-refractivity contribution in [3.63, 3.8) is 0 Å². The van der Waals surface area contributed by atoms with Gasteiger partial charge in [0, 0.05) is 21.8 Å². The first-order valence-electron chi connectivity index (χ1n) is 8.98. The molecular formula is C22H22ClN3O2. The lowest BCUT2D eigenvalue weighted by atomic mass is 10.1. The third-order valence-corrected chi connectivity index (χ3v) is 4.86. The van der Waals surface area contributed by atoms with Crippen molar-refractivity contribution in [2.24, 2.45) is 0 Å². The van der Waals surface area contributed by atoms with E-state index >= 15 is 0 Å². The number of fused-ring (bicyclic) bond motifs is 1. The first-order valence-corrected chi connectivity index (χ1v) is 9.36. The van der Waals surface area contributed by atoms with Gasteiger partial charge in [-0.1, -0.05) is 48.0 Å². The number of rotatable bonds is 6. The van der Waals surface area contributed by atoms with Gasteiger partial charge in [-0.05, 0) is 49.7 Å². The molecule has 0 spiro atoms. The Morgan fingerprint density at radius 1 is 0.964 bits per heavy atom. The van der Waals surface area contributed by atoms with Gasteiger partial charge in [-0.3, -0.25) is 14.5 Å². The van der Waals surface area contributed by atoms with Crippen molar-refractivity contribution in [2.45, 2.75) is 13.0 Å². The number of likely N-dealkylation sites (N-methyl/N-ethyl adjacent to an activating group) is 1. The van der Waals surface area contributed by atoms with E-state index in [2.05, 4.69) is 10.6 Å². The van der Waals surface area contributed by atoms with Crippen molar-refractivity contribution in [1.29, 1.82) is 0 Å². The van der Waals surface area contributed by atoms with Crippen LogP contribution in [0.25, 0.3) is 10.8 Å². The van der Waals surface area contributed by atoms with Crippen LogP contribution >= 0.6 is 11.6 Å². The summed E-state index contributed by atoms with van der Waals surface area (Å²) in [5.74, 6) is -0.368. The van der Waals surface area contributed by atoms with E-state index in [4.69, 9.17) is 11.6 Å². The highest BCUT2D eigenvalue weighted by atomic mass is 35.5. The third kappa shape index (κ3) is 4.88. The summed E-state index contributed by atoms with van der Waals surface area (Å²) in [4.78, 5) is 26.6. The third-order valence-electron chi connectivity index (χ3n) is 4.61. The lowest BCUT2D eigenvalue weighted by molar-refractivity contribution is -0.122. The van der Waals surface area contributed by atoms with Crippen LogP contribution in [0, 0.1) is 0 Å². The van der Waals surface area contributed by atoms with Crippen LogP contribution in [0.5, 0.6) is 0 Å². The molecule has 5 nitrogen and oxygen atoms in total. The van der Waals surface area contributed by atoms with E-state index in [1.54, 1.807) is 43.1 Å². The summed E-state index contributed by atoms with van der Waals surface area (Å²) in [6.07, 6.45) is 0. The quantitative estimate of drug-likeness (QED) is 0.650. The molecule has 0 heterocycles. The van der Waals surface area contributed by atoms with Crippen LogP contribution in [0.2, 0.25) is 5.02 Å². The van der Waals surface area contributed by atoms with Crippen LogP contribution in [0.3, 0.4) is 0 Å². The van der Waals surface area contributed by atoms with Crippen LogP contribution in [0.15, 0.2) is 66.7 Å². The molecule has 3 aromatic carbocycles. The van der Waals surface area contributed by atoms with Crippen molar-refractivity contribution in [1.82, 2.24) is 4.90 Å². The van der Waals surface area contributed by atoms with Gasteiger partial charge in [0.25, 0.3) is 0 Å². The molecule has 0 saturated heterocycles. The molecule has 0 fully saturated rings. The first-order chi connectivity index (χ1) is 13.4. The van der Waals surface area contributed by atoms with Crippen LogP contribution < -0.4 is 10.6 Å². The summed E-state index contributed by atoms with van der Waals surface area (Å²) in [5.41, 5.74) is 1.42. The van der Waals surface area contributed by atoms with Gasteiger partial charge in [0.2, 0.25) is 11.8 Å². The zero-order valence-corrected chi connectivity index (χ0v) is 16.5. The number of carbonyl (C=O) groups excluding carboxylic acids is 2. The highest BCUT2D eigenvalue weighted by Gasteiger charge is 2.20. The summed E-state index contributed by atoms with van der Waals surface area (Å²) in [7, 11) is 1.74. The molecule has 2 amide bonds. The van der Waals surface area contributed by atoms with Crippen LogP contribution in [-0.4, -0.2) is 36.3 Å². The van der Waals surface area contributed by atoms with Gasteiger partial charge < -0.3 is 10.6 Å². The number of nitrogens with one attached hydrogen (secondary N) is 2. The number of nitrogens with zero attached hydrogens (tertiary/aromatic N) is 1. The van der Waals surface area contributed by atoms with Crippen molar-refractivity contribution in [3.8, 4) is 0 Å². The van der Waals surface area contributed by atoms with E-state index in [1.165, 1.54) is 0 Å². The molecule has 0 aliphatic heterocycles. The van der Waals surface area contributed by atoms with Crippen molar-refractivity contribution >= 4 is 45.6 Å². The molecular weight excluding hydrogens is 374 g/mol. The molecule has 0 aliphatic rings. The monoisotopic (exact) mass is 395 g/mol. The minimum atomic E-state index is -0.477. The lowest BCUT2D eigenvalue weighted by Gasteiger charge is -2.23. The van der Waals surface area contributed by atoms with Crippen LogP contribution in [0.4, 0.5) is 11.4 Å². The Morgan fingerprint density at radius 3 is 2.39 bits per heavy atom. The standard InChI is InChI=1S/C22H22ClN3O2/c1-15(26(2)14-21(27)24-18-12-10-17(23)11-13-18)22(28)25-20-9-5-7-16-6-3-4-8-19(16)20/h3-13,15H,14H2,1-2H3,(H,24,27)(H,25,28). The summed E-state index contributed by atoms with van der Waals surface area (Å²) in [6, 6.07) is 20.1. The molecule has 144 valence electrons. The zero-order valence-electron chi connectivity index (χ0n) is 15.8. The zero-order chi connectivity index (χ0) is 20.1. The normalized spacial score (nSPS) is 12.0. The smallest absolute Gasteiger partial charge is 0.241 e. The molecule has 1 unspecified atom stereocenters. The number of anilines is 2. The summed E-state index contributed by atoms with van der Waals surface area (Å²) in [5, 5.41) is 8.41. The maximum atomic E-state index is 12.7. The van der Waals surface area contributed by atoms with E-state index in [1.807, 2.05) is 42.5 Å². The topological polar surface area (TPSA) is 61.4 Å². The Kier molecular flexibility index (Phi) is 6.29. The molecule has 3 aromatic rings. The van der Waals surface area contributed by atoms with E-state index in [-0.39, 0.29) is 18.4 Å². The van der Waals surface area contributed by atoms with Gasteiger partial charge in [0.1, 0.15) is 0 Å². The number of hydrogen-bond acceptors (Lipinski definition) is 3. The van der Waals surface area contributed by atoms with Crippen molar-refractivity contribution in [2.75, 3.05) is 24.2 Å². The molecule has 0 radical (unpaired) electrons. The number of carbonyl (C=O) groups is 2. The van der Waals surface area contributed by atoms with Crippen molar-refractivity contribution < 1.29 is 9.59 Å². The van der Waals surface area contributed by atoms with E-state index < -0.39 is 6.04 Å². The number of amides is 2. The Labute approximate surface area is 169 Å². The fourth-order valence-electron chi connectivity index (χ4n) is 2.87. The fourth-order valence-corrected chi connectivity index (χ4v) is 2.99. The second-order valence-corrected chi connectivity index (χ2v) is 7.10. The van der Waals surface area contributed by atoms with Crippen LogP contribution in [-0.2, 0) is 9.59 Å². The molecule has 3 rings (SSSR count). The highest BCUT2D eigenvalue weighted by molar-refractivity contribution is 6.30. The average Bonchev–Trinajstić information content (AvgIpc) is 2.69. The number of hydrogen-bond donors (Lipinski definition) is 2. The minimum Gasteiger partial charge on any atom is -0.325 e. The van der Waals surface area contributed by atoms with E-state index in [9.17, 15) is 9.59 Å². The first kappa shape index (κ1) is 19.9. The van der Waals surface area contributed by atoms with Gasteiger partial charge >= 0.3 is 0 Å². The van der Waals surface area contributed by atoms with Gasteiger partial charge in [0.15, 0.2) is 0 Å². The Balaban J connectivity index is 1.60. The highest BCUT2D eigenvalue weighted by Crippen LogP contribution is 2.23. The predicted octanol–water partition coefficient (Wildman–Crippen LogP) is 4.39. The molecule has 1 atom stereocenters. The molecule has 28 heavy (non-hydrogen) atoms. The fraction of sp³-hybridized carbons (Fsp3) is 0.182. The maximum absolute atomic E-state index is 12.7. The molecule has 2 N–H and O–H groups in total. The van der Waals surface area contributed by atoms with Crippen molar-refractivity contribution in [3.05, 3.63) is 71.8 Å². The largest absolute Gasteiger partial charge is 0.325 e. The molecule has 0 bridgehead atoms. The van der Waals surface area contributed by atoms with Crippen LogP contribution in [0.1, 0.15) is 6.92 Å². The van der Waals surface area contributed by atoms with E-state index in [0.717, 1.165) is 16.5 Å². The molecule has 0 saturated carbocycles. The SMILES string of the molecule is CC(C(=O)Nc1cccc2ccccc12)N(C)CC(=O)Nc1ccc(Cl)cc1. The maximum Gasteiger partial charge on any atom is 0.241 e. The Bertz CT molecular complexity index is 983. The van der Waals surface area contributed by atoms with Gasteiger partial charge in [-0.25, -0.2) is 0 Å². The predicted molar refractivity (Wildman–Crippen MR) is 115 cm³/mol. The van der Waals surface area contributed by atoms with E-state index in [0.29, 0.717) is 10.7 Å². The average molecular weight is 396 g/mol. The number of benzene rings is 3. The van der Waals surface area contributed by atoms with Gasteiger partial charge in [-0.15, -0.1) is 0 Å². The van der Waals surface area contributed by atoms with Gasteiger partial charge in [0.05, 0.1) is 12.6 Å². The Hall–Kier alpha value is -2.89. The lowest BCUT2D eigenvalue weighted by Crippen LogP contribution is -2.43. The second kappa shape index (κ2) is 8.87. The number of halogens is 1. The summed E-state index contributed by atoms with van der Waals surface area (Å²) in [6.45, 7) is 1.86. The molecule has 0 aliphatic carbocycles.